The normalized spacial score (nSPS) is 12.2. The lowest BCUT2D eigenvalue weighted by Gasteiger charge is -2.22. The zero-order valence-corrected chi connectivity index (χ0v) is 8.91. The fourth-order valence-electron chi connectivity index (χ4n) is 1.08. The first-order valence-electron chi connectivity index (χ1n) is 4.68. The van der Waals surface area contributed by atoms with Gasteiger partial charge in [0.15, 0.2) is 0 Å². The van der Waals surface area contributed by atoms with Crippen LogP contribution in [0.4, 0.5) is 0 Å². The SMILES string of the molecule is CCN(CC(C)C(=O)O)C(=O)CNC. The van der Waals surface area contributed by atoms with Gasteiger partial charge >= 0.3 is 5.97 Å². The Morgan fingerprint density at radius 1 is 1.50 bits per heavy atom. The van der Waals surface area contributed by atoms with E-state index < -0.39 is 11.9 Å². The van der Waals surface area contributed by atoms with Crippen molar-refractivity contribution in [2.45, 2.75) is 13.8 Å². The molecule has 0 spiro atoms. The van der Waals surface area contributed by atoms with E-state index in [-0.39, 0.29) is 19.0 Å². The Morgan fingerprint density at radius 3 is 2.43 bits per heavy atom. The number of carboxylic acid groups (broad SMARTS) is 1. The number of carbonyl (C=O) groups is 2. The molecule has 1 unspecified atom stereocenters. The van der Waals surface area contributed by atoms with E-state index in [9.17, 15) is 9.59 Å². The second kappa shape index (κ2) is 6.37. The fourth-order valence-corrected chi connectivity index (χ4v) is 1.08. The van der Waals surface area contributed by atoms with Crippen molar-refractivity contribution in [1.82, 2.24) is 10.2 Å². The molecule has 0 fully saturated rings. The Hall–Kier alpha value is -1.10. The molecule has 82 valence electrons. The van der Waals surface area contributed by atoms with E-state index in [0.717, 1.165) is 0 Å². The quantitative estimate of drug-likeness (QED) is 0.624. The Kier molecular flexibility index (Phi) is 5.87. The van der Waals surface area contributed by atoms with Gasteiger partial charge in [-0.05, 0) is 14.0 Å². The summed E-state index contributed by atoms with van der Waals surface area (Å²) in [6.07, 6.45) is 0. The fraction of sp³-hybridized carbons (Fsp3) is 0.778. The molecule has 0 aromatic rings. The van der Waals surface area contributed by atoms with Crippen molar-refractivity contribution in [3.05, 3.63) is 0 Å². The summed E-state index contributed by atoms with van der Waals surface area (Å²) in [5.74, 6) is -1.46. The maximum Gasteiger partial charge on any atom is 0.308 e. The predicted molar refractivity (Wildman–Crippen MR) is 53.0 cm³/mol. The van der Waals surface area contributed by atoms with Gasteiger partial charge < -0.3 is 15.3 Å². The maximum atomic E-state index is 11.4. The summed E-state index contributed by atoms with van der Waals surface area (Å²) in [5, 5.41) is 11.4. The Balaban J connectivity index is 4.14. The molecular weight excluding hydrogens is 184 g/mol. The Morgan fingerprint density at radius 2 is 2.07 bits per heavy atom. The summed E-state index contributed by atoms with van der Waals surface area (Å²) in [7, 11) is 1.69. The largest absolute Gasteiger partial charge is 0.481 e. The van der Waals surface area contributed by atoms with E-state index >= 15 is 0 Å². The van der Waals surface area contributed by atoms with Gasteiger partial charge in [0.05, 0.1) is 12.5 Å². The average Bonchev–Trinajstić information content (AvgIpc) is 2.13. The molecule has 0 aliphatic rings. The zero-order chi connectivity index (χ0) is 11.1. The molecule has 0 radical (unpaired) electrons. The molecule has 0 aromatic carbocycles. The summed E-state index contributed by atoms with van der Waals surface area (Å²) < 4.78 is 0. The maximum absolute atomic E-state index is 11.4. The molecule has 1 atom stereocenters. The number of hydrogen-bond acceptors (Lipinski definition) is 3. The van der Waals surface area contributed by atoms with Gasteiger partial charge in [-0.25, -0.2) is 0 Å². The minimum atomic E-state index is -0.874. The second-order valence-electron chi connectivity index (χ2n) is 3.20. The van der Waals surface area contributed by atoms with Gasteiger partial charge in [0.2, 0.25) is 5.91 Å². The number of amides is 1. The molecule has 0 heterocycles. The molecular formula is C9H18N2O3. The molecule has 5 heteroatoms. The molecule has 14 heavy (non-hydrogen) atoms. The van der Waals surface area contributed by atoms with Gasteiger partial charge in [-0.3, -0.25) is 9.59 Å². The Labute approximate surface area is 84.1 Å². The summed E-state index contributed by atoms with van der Waals surface area (Å²) in [5.41, 5.74) is 0. The number of likely N-dealkylation sites (N-methyl/N-ethyl adjacent to an activating group) is 2. The predicted octanol–water partition coefficient (Wildman–Crippen LogP) is -0.225. The van der Waals surface area contributed by atoms with E-state index in [2.05, 4.69) is 5.32 Å². The molecule has 2 N–H and O–H groups in total. The van der Waals surface area contributed by atoms with E-state index in [1.165, 1.54) is 4.90 Å². The number of rotatable bonds is 6. The van der Waals surface area contributed by atoms with Gasteiger partial charge in [0, 0.05) is 13.1 Å². The summed E-state index contributed by atoms with van der Waals surface area (Å²) >= 11 is 0. The van der Waals surface area contributed by atoms with Gasteiger partial charge in [-0.2, -0.15) is 0 Å². The van der Waals surface area contributed by atoms with Crippen LogP contribution in [0.15, 0.2) is 0 Å². The summed E-state index contributed by atoms with van der Waals surface area (Å²) in [4.78, 5) is 23.5. The van der Waals surface area contributed by atoms with E-state index in [1.807, 2.05) is 6.92 Å². The van der Waals surface area contributed by atoms with Crippen LogP contribution in [-0.4, -0.2) is 48.6 Å². The standard InChI is InChI=1S/C9H18N2O3/c1-4-11(8(12)5-10-3)6-7(2)9(13)14/h7,10H,4-6H2,1-3H3,(H,13,14). The minimum Gasteiger partial charge on any atom is -0.481 e. The first kappa shape index (κ1) is 12.9. The van der Waals surface area contributed by atoms with Gasteiger partial charge in [-0.1, -0.05) is 6.92 Å². The summed E-state index contributed by atoms with van der Waals surface area (Å²) in [6, 6.07) is 0. The highest BCUT2D eigenvalue weighted by Gasteiger charge is 2.18. The number of hydrogen-bond donors (Lipinski definition) is 2. The highest BCUT2D eigenvalue weighted by Crippen LogP contribution is 2.00. The van der Waals surface area contributed by atoms with Gasteiger partial charge in [0.25, 0.3) is 0 Å². The number of carbonyl (C=O) groups excluding carboxylic acids is 1. The van der Waals surface area contributed by atoms with Crippen LogP contribution >= 0.6 is 0 Å². The van der Waals surface area contributed by atoms with Crippen molar-refractivity contribution in [3.63, 3.8) is 0 Å². The third-order valence-corrected chi connectivity index (χ3v) is 1.98. The lowest BCUT2D eigenvalue weighted by atomic mass is 10.1. The molecule has 0 bridgehead atoms. The highest BCUT2D eigenvalue weighted by atomic mass is 16.4. The first-order valence-corrected chi connectivity index (χ1v) is 4.68. The highest BCUT2D eigenvalue weighted by molar-refractivity contribution is 5.79. The summed E-state index contributed by atoms with van der Waals surface area (Å²) in [6.45, 7) is 4.49. The van der Waals surface area contributed by atoms with Crippen LogP contribution in [0, 0.1) is 5.92 Å². The van der Waals surface area contributed by atoms with Crippen LogP contribution in [0.5, 0.6) is 0 Å². The molecule has 0 saturated heterocycles. The van der Waals surface area contributed by atoms with Crippen molar-refractivity contribution in [1.29, 1.82) is 0 Å². The van der Waals surface area contributed by atoms with Crippen LogP contribution in [-0.2, 0) is 9.59 Å². The van der Waals surface area contributed by atoms with Crippen LogP contribution < -0.4 is 5.32 Å². The third-order valence-electron chi connectivity index (χ3n) is 1.98. The second-order valence-corrected chi connectivity index (χ2v) is 3.20. The molecule has 0 aromatic heterocycles. The third kappa shape index (κ3) is 4.23. The topological polar surface area (TPSA) is 69.6 Å². The van der Waals surface area contributed by atoms with Crippen molar-refractivity contribution in [2.24, 2.45) is 5.92 Å². The van der Waals surface area contributed by atoms with Crippen LogP contribution in [0.25, 0.3) is 0 Å². The Bertz CT molecular complexity index is 206. The van der Waals surface area contributed by atoms with Gasteiger partial charge in [0.1, 0.15) is 0 Å². The molecule has 0 saturated carbocycles. The minimum absolute atomic E-state index is 0.0666. The number of aliphatic carboxylic acids is 1. The van der Waals surface area contributed by atoms with Crippen LogP contribution in [0.3, 0.4) is 0 Å². The van der Waals surface area contributed by atoms with Crippen molar-refractivity contribution in [3.8, 4) is 0 Å². The van der Waals surface area contributed by atoms with Crippen LogP contribution in [0.1, 0.15) is 13.8 Å². The average molecular weight is 202 g/mol. The molecule has 5 nitrogen and oxygen atoms in total. The van der Waals surface area contributed by atoms with E-state index in [1.54, 1.807) is 14.0 Å². The zero-order valence-electron chi connectivity index (χ0n) is 8.91. The lowest BCUT2D eigenvalue weighted by molar-refractivity contribution is -0.142. The van der Waals surface area contributed by atoms with Crippen molar-refractivity contribution in [2.75, 3.05) is 26.7 Å². The van der Waals surface area contributed by atoms with Crippen molar-refractivity contribution >= 4 is 11.9 Å². The number of carboxylic acids is 1. The van der Waals surface area contributed by atoms with E-state index in [0.29, 0.717) is 6.54 Å². The van der Waals surface area contributed by atoms with Gasteiger partial charge in [-0.15, -0.1) is 0 Å². The lowest BCUT2D eigenvalue weighted by Crippen LogP contribution is -2.40. The molecule has 0 aliphatic heterocycles. The smallest absolute Gasteiger partial charge is 0.308 e. The molecule has 1 amide bonds. The first-order chi connectivity index (χ1) is 6.52. The van der Waals surface area contributed by atoms with Crippen molar-refractivity contribution < 1.29 is 14.7 Å². The molecule has 0 aliphatic carbocycles. The molecule has 0 rings (SSSR count). The van der Waals surface area contributed by atoms with E-state index in [4.69, 9.17) is 5.11 Å². The van der Waals surface area contributed by atoms with Crippen LogP contribution in [0.2, 0.25) is 0 Å². The monoisotopic (exact) mass is 202 g/mol. The number of nitrogens with zero attached hydrogens (tertiary/aromatic N) is 1. The number of nitrogens with one attached hydrogen (secondary N) is 1.